The molecule has 1 aliphatic rings. The van der Waals surface area contributed by atoms with Gasteiger partial charge in [0.15, 0.2) is 5.71 Å². The van der Waals surface area contributed by atoms with Crippen LogP contribution < -0.4 is 140 Å². The predicted octanol–water partition coefficient (Wildman–Crippen LogP) is 6.93. The molecule has 0 saturated heterocycles. The average Bonchev–Trinajstić information content (AvgIpc) is 1.79. The van der Waals surface area contributed by atoms with Crippen LogP contribution in [-0.4, -0.2) is 70.4 Å². The summed E-state index contributed by atoms with van der Waals surface area (Å²) >= 11 is 4.72. The van der Waals surface area contributed by atoms with Crippen molar-refractivity contribution >= 4 is 175 Å². The zero-order valence-corrected chi connectivity index (χ0v) is 84.0. The molecule has 18 aromatic rings. The molecule has 11 aromatic carbocycles. The van der Waals surface area contributed by atoms with Crippen LogP contribution >= 0.6 is 34.0 Å². The minimum atomic E-state index is -0.0111. The number of aromatic nitrogens is 7. The lowest BCUT2D eigenvalue weighted by atomic mass is 9.81. The average molecular weight is 2110 g/mol. The highest BCUT2D eigenvalue weighted by Crippen LogP contribution is 2.40. The monoisotopic (exact) mass is 2100 g/mol. The van der Waals surface area contributed by atoms with Gasteiger partial charge in [0.2, 0.25) is 22.4 Å². The topological polar surface area (TPSA) is 110 Å². The summed E-state index contributed by atoms with van der Waals surface area (Å²) in [5, 5.41) is 5.84. The van der Waals surface area contributed by atoms with Gasteiger partial charge in [-0.2, -0.15) is 18.3 Å². The molecule has 652 valence electrons. The maximum atomic E-state index is 13.3. The second kappa shape index (κ2) is 42.3. The van der Waals surface area contributed by atoms with Gasteiger partial charge in [-0.25, -0.2) is 0 Å². The van der Waals surface area contributed by atoms with Gasteiger partial charge in [0.1, 0.15) is 47.0 Å². The second-order valence-corrected chi connectivity index (χ2v) is 35.0. The number of halogens is 4. The quantitative estimate of drug-likeness (QED) is 0.0553. The zero-order valence-electron chi connectivity index (χ0n) is 74.0. The summed E-state index contributed by atoms with van der Waals surface area (Å²) in [6, 6.07) is 88.0. The molecule has 0 radical (unpaired) electrons. The van der Waals surface area contributed by atoms with E-state index in [2.05, 4.69) is 325 Å². The van der Waals surface area contributed by atoms with Crippen LogP contribution in [0.5, 0.6) is 5.75 Å². The van der Waals surface area contributed by atoms with Crippen LogP contribution in [-0.2, 0) is 47.2 Å². The highest BCUT2D eigenvalue weighted by atomic mass is 127. The van der Waals surface area contributed by atoms with E-state index >= 15 is 0 Å². The predicted molar refractivity (Wildman–Crippen MR) is 519 cm³/mol. The number of methoxy groups -OCH3 is 1. The molecule has 0 spiro atoms. The SMILES string of the molecule is CCC[N+]1=C(/C=C/C=C/c2ccc(N(C)C)cc2)C(C)(C)c2ccccc21.CC[n+]1c(/C=C/C=C/c2ccc(N(C)C)cc2)oc2ccccc21.COc1ccc(-n2c3ccccc3c3cc(/C=c4/s/c(=C\c5sc6ccccc6[n+]5C)n(C)c4=O)ccc32)cc1.Cn1c(=O)/c(=C\c2ccc3c(c2)c2ccccc2n3C)s/c1=C\c1oc2ccccc2[n+]1C.[Br-].[Br-].[I-].[I-]. The number of para-hydroxylation sites is 8. The van der Waals surface area contributed by atoms with Gasteiger partial charge in [0, 0.05) is 141 Å². The fourth-order valence-electron chi connectivity index (χ4n) is 16.3. The van der Waals surface area contributed by atoms with E-state index in [1.54, 1.807) is 34.6 Å². The Hall–Kier alpha value is -11.4. The van der Waals surface area contributed by atoms with Crippen molar-refractivity contribution < 1.29 is 114 Å². The normalized spacial score (nSPS) is 12.9. The van der Waals surface area contributed by atoms with E-state index in [9.17, 15) is 9.59 Å². The highest BCUT2D eigenvalue weighted by Gasteiger charge is 2.43. The fourth-order valence-corrected chi connectivity index (χ4v) is 19.5. The number of fused-ring (bicyclic) bond motifs is 10. The molecule has 22 heteroatoms. The van der Waals surface area contributed by atoms with E-state index in [1.165, 1.54) is 99.5 Å². The van der Waals surface area contributed by atoms with Gasteiger partial charge in [-0.1, -0.05) is 182 Å². The van der Waals surface area contributed by atoms with Gasteiger partial charge in [0.25, 0.3) is 27.2 Å². The second-order valence-electron chi connectivity index (χ2n) is 31.8. The molecule has 0 unspecified atom stereocenters. The molecule has 0 fully saturated rings. The maximum absolute atomic E-state index is 13.3. The van der Waals surface area contributed by atoms with E-state index in [4.69, 9.17) is 13.6 Å². The van der Waals surface area contributed by atoms with Crippen LogP contribution in [0.3, 0.4) is 0 Å². The molecule has 0 saturated carbocycles. The molecule has 0 aliphatic carbocycles. The first-order valence-corrected chi connectivity index (χ1v) is 44.2. The molecule has 1 aliphatic heterocycles. The van der Waals surface area contributed by atoms with Crippen LogP contribution in [0.15, 0.2) is 304 Å². The Morgan fingerprint density at radius 2 is 0.922 bits per heavy atom. The first kappa shape index (κ1) is 95.7. The summed E-state index contributed by atoms with van der Waals surface area (Å²) in [6.07, 6.45) is 26.1. The first-order valence-electron chi connectivity index (χ1n) is 41.8. The molecule has 0 atom stereocenters. The molecule has 8 heterocycles. The van der Waals surface area contributed by atoms with E-state index in [0.29, 0.717) is 10.4 Å². The number of rotatable bonds is 17. The number of thiazole rings is 3. The lowest BCUT2D eigenvalue weighted by molar-refractivity contribution is -0.674. The third-order valence-corrected chi connectivity index (χ3v) is 26.4. The van der Waals surface area contributed by atoms with Gasteiger partial charge in [0.05, 0.1) is 50.9 Å². The molecule has 7 aromatic heterocycles. The standard InChI is InChI=1S/C33H26N3O2S2.C27H22N3O2S.C25H31N2.C21H23N2O.2BrH.2HI/c1-34-28-10-6-7-11-29(28)39-31(34)20-32-35(2)33(37)30(40-32)19-21-12-17-27-25(18-21)24-8-4-5-9-26(24)36(27)22-13-15-23(38-3)16-14-22;1-28-20-9-5-4-8-18(20)19-14-17(12-13-21(19)28)15-24-27(31)30(3)26(33-24)16-25-29(2)22-10-6-7-11-23(22)32-25;1-6-19-27-23-13-9-8-12-22(23)25(2,3)24(27)14-10-7-11-20-15-17-21(18-16-20)26(4)5;1-4-23-19-10-6-7-11-20(19)24-21(23)12-8-5-9-17-13-15-18(16-14-17)22(2)3;;;;/h4-20H,1-3H3;4-16H,1-3H3;7-18H,6,19H2,1-5H3;5-16H,4H2,1-3H3;4*1H/q4*+1;;;;/p-4/b30-19+;24-15+;;;;;;. The van der Waals surface area contributed by atoms with Crippen molar-refractivity contribution in [3.63, 3.8) is 0 Å². The third kappa shape index (κ3) is 20.1. The van der Waals surface area contributed by atoms with Crippen molar-refractivity contribution in [2.24, 2.45) is 35.2 Å². The Balaban J connectivity index is 0.000000156. The zero-order chi connectivity index (χ0) is 86.5. The number of oxazole rings is 2. The van der Waals surface area contributed by atoms with Crippen molar-refractivity contribution in [1.29, 1.82) is 0 Å². The van der Waals surface area contributed by atoms with Gasteiger partial charge in [-0.3, -0.25) is 9.59 Å². The fraction of sp³-hybridized carbons (Fsp3) is 0.170. The molecular formula is C106H102Br2I2N10O5S3. The minimum Gasteiger partial charge on any atom is -1.00 e. The number of benzene rings is 11. The molecule has 0 amide bonds. The largest absolute Gasteiger partial charge is 1.00 e. The lowest BCUT2D eigenvalue weighted by Gasteiger charge is -2.15. The van der Waals surface area contributed by atoms with E-state index < -0.39 is 0 Å². The van der Waals surface area contributed by atoms with E-state index in [1.807, 2.05) is 124 Å². The number of ether oxygens (including phenoxy) is 1. The van der Waals surface area contributed by atoms with Gasteiger partial charge >= 0.3 is 11.8 Å². The smallest absolute Gasteiger partial charge is 0.376 e. The third-order valence-electron chi connectivity index (χ3n) is 23.0. The van der Waals surface area contributed by atoms with Crippen LogP contribution in [0.4, 0.5) is 17.1 Å². The summed E-state index contributed by atoms with van der Waals surface area (Å²) in [5.74, 6) is 2.40. The van der Waals surface area contributed by atoms with Crippen molar-refractivity contribution in [3.8, 4) is 11.4 Å². The van der Waals surface area contributed by atoms with E-state index in [-0.39, 0.29) is 98.4 Å². The Bertz CT molecular complexity index is 7650. The number of hydrogen-bond donors (Lipinski definition) is 0. The van der Waals surface area contributed by atoms with E-state index in [0.717, 1.165) is 105 Å². The Morgan fingerprint density at radius 1 is 0.453 bits per heavy atom. The number of anilines is 2. The minimum absolute atomic E-state index is 0. The summed E-state index contributed by atoms with van der Waals surface area (Å²) in [6.45, 7) is 11.0. The Labute approximate surface area is 812 Å². The summed E-state index contributed by atoms with van der Waals surface area (Å²) in [5.41, 5.74) is 21.8. The van der Waals surface area contributed by atoms with Crippen LogP contribution in [0, 0.1) is 0 Å². The van der Waals surface area contributed by atoms with Crippen molar-refractivity contribution in [2.45, 2.75) is 46.1 Å². The van der Waals surface area contributed by atoms with Crippen molar-refractivity contribution in [2.75, 3.05) is 51.6 Å². The lowest BCUT2D eigenvalue weighted by Crippen LogP contribution is -3.00. The molecule has 19 rings (SSSR count). The summed E-state index contributed by atoms with van der Waals surface area (Å²) in [4.78, 5) is 30.5. The number of allylic oxidation sites excluding steroid dienone is 5. The van der Waals surface area contributed by atoms with Crippen molar-refractivity contribution in [3.05, 3.63) is 369 Å². The molecule has 0 bridgehead atoms. The van der Waals surface area contributed by atoms with Gasteiger partial charge in [-0.15, -0.1) is 22.7 Å². The molecular weight excluding hydrogens is 2000 g/mol. The molecule has 0 N–H and O–H groups in total. The number of hydrogen-bond acceptors (Lipinski definition) is 10. The summed E-state index contributed by atoms with van der Waals surface area (Å²) < 4.78 is 38.4. The molecule has 15 nitrogen and oxygen atoms in total. The summed E-state index contributed by atoms with van der Waals surface area (Å²) in [7, 11) is 19.7. The molecule has 128 heavy (non-hydrogen) atoms. The van der Waals surface area contributed by atoms with Gasteiger partial charge in [-0.05, 0) is 158 Å². The van der Waals surface area contributed by atoms with Crippen LogP contribution in [0.25, 0.3) is 124 Å². The first-order chi connectivity index (χ1) is 60.2. The van der Waals surface area contributed by atoms with Crippen molar-refractivity contribution in [1.82, 2.24) is 18.3 Å². The van der Waals surface area contributed by atoms with Crippen LogP contribution in [0.1, 0.15) is 78.7 Å². The maximum Gasteiger partial charge on any atom is 0.376 e. The Kier molecular flexibility index (Phi) is 31.6. The number of aryl methyl sites for hydroxylation is 4. The Morgan fingerprint density at radius 3 is 1.50 bits per heavy atom. The number of nitrogens with zero attached hydrogens (tertiary/aromatic N) is 10. The van der Waals surface area contributed by atoms with Crippen LogP contribution in [0.2, 0.25) is 0 Å². The van der Waals surface area contributed by atoms with Gasteiger partial charge < -0.3 is 124 Å². The highest BCUT2D eigenvalue weighted by molar-refractivity contribution is 7.19.